The van der Waals surface area contributed by atoms with E-state index in [0.29, 0.717) is 25.3 Å². The average Bonchev–Trinajstić information content (AvgIpc) is 3.04. The predicted molar refractivity (Wildman–Crippen MR) is 126 cm³/mol. The van der Waals surface area contributed by atoms with Gasteiger partial charge in [0.1, 0.15) is 23.6 Å². The van der Waals surface area contributed by atoms with Crippen molar-refractivity contribution in [1.29, 1.82) is 0 Å². The number of benzene rings is 1. The highest BCUT2D eigenvalue weighted by Gasteiger charge is 2.32. The van der Waals surface area contributed by atoms with E-state index in [2.05, 4.69) is 44.4 Å². The molecule has 0 aliphatic carbocycles. The zero-order valence-electron chi connectivity index (χ0n) is 18.0. The summed E-state index contributed by atoms with van der Waals surface area (Å²) in [5.74, 6) is 0.524. The van der Waals surface area contributed by atoms with Crippen LogP contribution >= 0.6 is 22.6 Å². The van der Waals surface area contributed by atoms with Gasteiger partial charge < -0.3 is 14.5 Å². The van der Waals surface area contributed by atoms with Gasteiger partial charge in [0.15, 0.2) is 5.65 Å². The Bertz CT molecular complexity index is 1130. The molecule has 1 fully saturated rings. The zero-order chi connectivity index (χ0) is 22.3. The Morgan fingerprint density at radius 2 is 2.03 bits per heavy atom. The maximum absolute atomic E-state index is 13.8. The van der Waals surface area contributed by atoms with Gasteiger partial charge in [0.25, 0.3) is 0 Å². The van der Waals surface area contributed by atoms with Crippen LogP contribution in [-0.4, -0.2) is 56.8 Å². The minimum absolute atomic E-state index is 0.0488. The van der Waals surface area contributed by atoms with Crippen molar-refractivity contribution in [2.75, 3.05) is 24.5 Å². The highest BCUT2D eigenvalue weighted by molar-refractivity contribution is 14.1. The molecule has 3 aromatic rings. The molecule has 3 heterocycles. The van der Waals surface area contributed by atoms with Crippen LogP contribution in [0.15, 0.2) is 36.8 Å². The van der Waals surface area contributed by atoms with Gasteiger partial charge >= 0.3 is 6.09 Å². The Balaban J connectivity index is 1.64. The molecule has 1 aromatic carbocycles. The van der Waals surface area contributed by atoms with E-state index in [-0.39, 0.29) is 18.0 Å². The molecular weight excluding hydrogens is 512 g/mol. The van der Waals surface area contributed by atoms with Crippen LogP contribution in [0.1, 0.15) is 27.7 Å². The second-order valence-electron chi connectivity index (χ2n) is 8.69. The Labute approximate surface area is 194 Å². The summed E-state index contributed by atoms with van der Waals surface area (Å²) in [7, 11) is 0. The lowest BCUT2D eigenvalue weighted by atomic mass is 10.1. The number of nitrogens with zero attached hydrogens (tertiary/aromatic N) is 5. The number of hydrogen-bond donors (Lipinski definition) is 0. The van der Waals surface area contributed by atoms with Gasteiger partial charge in [-0.05, 0) is 68.5 Å². The Morgan fingerprint density at radius 3 is 2.71 bits per heavy atom. The number of fused-ring (bicyclic) bond motifs is 1. The van der Waals surface area contributed by atoms with Crippen LogP contribution in [0.5, 0.6) is 0 Å². The molecule has 9 heteroatoms. The SMILES string of the molecule is C[C@H]1CN(C(=O)OC(C)(C)C)CCN1c1ncnc2c1c(I)cn2-c1cccc(F)c1. The summed E-state index contributed by atoms with van der Waals surface area (Å²) in [5, 5.41) is 0.921. The second-order valence-corrected chi connectivity index (χ2v) is 9.85. The van der Waals surface area contributed by atoms with Crippen LogP contribution in [0.2, 0.25) is 0 Å². The third-order valence-electron chi connectivity index (χ3n) is 5.15. The van der Waals surface area contributed by atoms with Gasteiger partial charge in [-0.3, -0.25) is 4.57 Å². The first-order valence-electron chi connectivity index (χ1n) is 10.2. The Kier molecular flexibility index (Phi) is 5.80. The van der Waals surface area contributed by atoms with Crippen LogP contribution in [0, 0.1) is 9.39 Å². The summed E-state index contributed by atoms with van der Waals surface area (Å²) in [6.07, 6.45) is 3.19. The normalized spacial score (nSPS) is 17.3. The van der Waals surface area contributed by atoms with E-state index in [1.807, 2.05) is 37.6 Å². The van der Waals surface area contributed by atoms with Crippen LogP contribution in [-0.2, 0) is 4.74 Å². The van der Waals surface area contributed by atoms with Crippen LogP contribution in [0.25, 0.3) is 16.7 Å². The summed E-state index contributed by atoms with van der Waals surface area (Å²) in [6, 6.07) is 6.49. The number of carbonyl (C=O) groups excluding carboxylic acids is 1. The fourth-order valence-corrected chi connectivity index (χ4v) is 4.57. The minimum atomic E-state index is -0.522. The van der Waals surface area contributed by atoms with Crippen molar-refractivity contribution in [3.8, 4) is 5.69 Å². The topological polar surface area (TPSA) is 63.5 Å². The number of ether oxygens (including phenoxy) is 1. The molecule has 0 radical (unpaired) electrons. The lowest BCUT2D eigenvalue weighted by Crippen LogP contribution is -2.54. The lowest BCUT2D eigenvalue weighted by molar-refractivity contribution is 0.0218. The van der Waals surface area contributed by atoms with E-state index in [0.717, 1.165) is 20.4 Å². The third-order valence-corrected chi connectivity index (χ3v) is 5.97. The lowest BCUT2D eigenvalue weighted by Gasteiger charge is -2.41. The van der Waals surface area contributed by atoms with E-state index in [9.17, 15) is 9.18 Å². The first-order valence-corrected chi connectivity index (χ1v) is 11.2. The van der Waals surface area contributed by atoms with Crippen LogP contribution in [0.4, 0.5) is 15.0 Å². The highest BCUT2D eigenvalue weighted by Crippen LogP contribution is 2.33. The molecule has 1 atom stereocenters. The number of hydrogen-bond acceptors (Lipinski definition) is 5. The van der Waals surface area contributed by atoms with Gasteiger partial charge in [0.05, 0.1) is 5.39 Å². The van der Waals surface area contributed by atoms with Crippen molar-refractivity contribution in [3.63, 3.8) is 0 Å². The quantitative estimate of drug-likeness (QED) is 0.447. The number of amides is 1. The first kappa shape index (κ1) is 21.8. The molecule has 1 saturated heterocycles. The molecule has 1 aliphatic rings. The summed E-state index contributed by atoms with van der Waals surface area (Å²) in [5.41, 5.74) is 0.911. The molecular formula is C22H25FIN5O2. The molecule has 2 aromatic heterocycles. The maximum Gasteiger partial charge on any atom is 0.410 e. The number of carbonyl (C=O) groups is 1. The summed E-state index contributed by atoms with van der Waals surface area (Å²) in [6.45, 7) is 9.40. The molecule has 164 valence electrons. The number of piperazine rings is 1. The largest absolute Gasteiger partial charge is 0.444 e. The molecule has 31 heavy (non-hydrogen) atoms. The van der Waals surface area contributed by atoms with Crippen molar-refractivity contribution >= 4 is 45.5 Å². The first-order chi connectivity index (χ1) is 14.6. The fraction of sp³-hybridized carbons (Fsp3) is 0.409. The zero-order valence-corrected chi connectivity index (χ0v) is 20.1. The third kappa shape index (κ3) is 4.46. The molecule has 7 nitrogen and oxygen atoms in total. The molecule has 0 spiro atoms. The maximum atomic E-state index is 13.8. The molecule has 1 aliphatic heterocycles. The van der Waals surface area contributed by atoms with Gasteiger partial charge in [-0.25, -0.2) is 19.2 Å². The van der Waals surface area contributed by atoms with Crippen LogP contribution < -0.4 is 4.90 Å². The fourth-order valence-electron chi connectivity index (χ4n) is 3.81. The summed E-state index contributed by atoms with van der Waals surface area (Å²) < 4.78 is 22.2. The number of halogens is 2. The van der Waals surface area contributed by atoms with Crippen molar-refractivity contribution < 1.29 is 13.9 Å². The highest BCUT2D eigenvalue weighted by atomic mass is 127. The van der Waals surface area contributed by atoms with Gasteiger partial charge in [0, 0.05) is 41.1 Å². The van der Waals surface area contributed by atoms with Crippen LogP contribution in [0.3, 0.4) is 0 Å². The molecule has 0 bridgehead atoms. The van der Waals surface area contributed by atoms with E-state index >= 15 is 0 Å². The summed E-state index contributed by atoms with van der Waals surface area (Å²) in [4.78, 5) is 25.5. The molecule has 4 rings (SSSR count). The standard InChI is InChI=1S/C22H25FIN5O2/c1-14-11-27(21(30)31-22(2,3)4)8-9-28(14)19-18-17(24)12-29(20(18)26-13-25-19)16-7-5-6-15(23)10-16/h5-7,10,12-14H,8-9,11H2,1-4H3/t14-/m0/s1. The summed E-state index contributed by atoms with van der Waals surface area (Å²) >= 11 is 2.27. The smallest absolute Gasteiger partial charge is 0.410 e. The predicted octanol–water partition coefficient (Wildman–Crippen LogP) is 4.61. The number of aromatic nitrogens is 3. The van der Waals surface area contributed by atoms with Gasteiger partial charge in [-0.2, -0.15) is 0 Å². The van der Waals surface area contributed by atoms with E-state index < -0.39 is 5.60 Å². The monoisotopic (exact) mass is 537 g/mol. The van der Waals surface area contributed by atoms with Crippen molar-refractivity contribution in [2.24, 2.45) is 0 Å². The van der Waals surface area contributed by atoms with Crippen molar-refractivity contribution in [3.05, 3.63) is 46.2 Å². The van der Waals surface area contributed by atoms with Crippen molar-refractivity contribution in [1.82, 2.24) is 19.4 Å². The Hall–Kier alpha value is -2.43. The van der Waals surface area contributed by atoms with E-state index in [1.165, 1.54) is 18.5 Å². The van der Waals surface area contributed by atoms with Gasteiger partial charge in [-0.1, -0.05) is 6.07 Å². The van der Waals surface area contributed by atoms with E-state index in [4.69, 9.17) is 4.74 Å². The minimum Gasteiger partial charge on any atom is -0.444 e. The number of anilines is 1. The van der Waals surface area contributed by atoms with E-state index in [1.54, 1.807) is 11.0 Å². The molecule has 0 N–H and O–H groups in total. The molecule has 0 unspecified atom stereocenters. The molecule has 0 saturated carbocycles. The second kappa shape index (κ2) is 8.25. The Morgan fingerprint density at radius 1 is 1.26 bits per heavy atom. The molecule has 1 amide bonds. The van der Waals surface area contributed by atoms with Crippen molar-refractivity contribution in [2.45, 2.75) is 39.3 Å². The average molecular weight is 537 g/mol. The number of rotatable bonds is 2. The van der Waals surface area contributed by atoms with Gasteiger partial charge in [-0.15, -0.1) is 0 Å². The van der Waals surface area contributed by atoms with Gasteiger partial charge in [0.2, 0.25) is 0 Å².